The average Bonchev–Trinajstić information content (AvgIpc) is 3.67. The van der Waals surface area contributed by atoms with Crippen LogP contribution in [0.1, 0.15) is 41.7 Å². The van der Waals surface area contributed by atoms with Gasteiger partial charge < -0.3 is 15.0 Å². The summed E-state index contributed by atoms with van der Waals surface area (Å²) in [6, 6.07) is 3.41. The summed E-state index contributed by atoms with van der Waals surface area (Å²) < 4.78 is 2.06. The van der Waals surface area contributed by atoms with Crippen molar-refractivity contribution in [2.24, 2.45) is 13.0 Å². The van der Waals surface area contributed by atoms with Crippen LogP contribution < -0.4 is 16.4 Å². The van der Waals surface area contributed by atoms with Crippen molar-refractivity contribution in [2.75, 3.05) is 5.32 Å². The second-order valence-electron chi connectivity index (χ2n) is 9.48. The number of aromatic nitrogens is 4. The summed E-state index contributed by atoms with van der Waals surface area (Å²) in [5, 5.41) is 21.1. The number of H-pyrrole nitrogens is 1. The normalized spacial score (nSPS) is 15.2. The summed E-state index contributed by atoms with van der Waals surface area (Å²) in [4.78, 5) is 43.5. The van der Waals surface area contributed by atoms with Crippen LogP contribution >= 0.6 is 11.3 Å². The molecule has 4 aromatic heterocycles. The number of hydrogen-bond donors (Lipinski definition) is 3. The fourth-order valence-corrected chi connectivity index (χ4v) is 6.30. The summed E-state index contributed by atoms with van der Waals surface area (Å²) >= 11 is 1.52. The second-order valence-corrected chi connectivity index (χ2v) is 10.6. The van der Waals surface area contributed by atoms with Gasteiger partial charge in [-0.1, -0.05) is 0 Å². The van der Waals surface area contributed by atoms with E-state index in [0.29, 0.717) is 32.8 Å². The molecule has 1 amide bonds. The minimum atomic E-state index is -0.320. The van der Waals surface area contributed by atoms with Crippen molar-refractivity contribution in [1.29, 1.82) is 0 Å². The zero-order valence-electron chi connectivity index (χ0n) is 19.8. The van der Waals surface area contributed by atoms with Crippen LogP contribution in [0.2, 0.25) is 0 Å². The van der Waals surface area contributed by atoms with Crippen molar-refractivity contribution in [2.45, 2.75) is 45.1 Å². The van der Waals surface area contributed by atoms with Crippen LogP contribution in [-0.4, -0.2) is 30.8 Å². The number of anilines is 1. The van der Waals surface area contributed by atoms with E-state index < -0.39 is 0 Å². The van der Waals surface area contributed by atoms with Crippen LogP contribution in [0.4, 0.5) is 5.69 Å². The molecule has 10 heteroatoms. The summed E-state index contributed by atoms with van der Waals surface area (Å²) in [7, 11) is 1.63. The van der Waals surface area contributed by atoms with Crippen LogP contribution in [0.25, 0.3) is 32.6 Å². The van der Waals surface area contributed by atoms with Gasteiger partial charge in [0.2, 0.25) is 5.91 Å². The third-order valence-electron chi connectivity index (χ3n) is 7.02. The quantitative estimate of drug-likeness (QED) is 0.384. The van der Waals surface area contributed by atoms with Gasteiger partial charge in [0.25, 0.3) is 11.1 Å². The van der Waals surface area contributed by atoms with Crippen molar-refractivity contribution in [3.8, 4) is 22.5 Å². The predicted octanol–water partition coefficient (Wildman–Crippen LogP) is 3.13. The molecule has 0 bridgehead atoms. The number of carbonyl (C=O) groups is 1. The Morgan fingerprint density at radius 1 is 1.25 bits per heavy atom. The summed E-state index contributed by atoms with van der Waals surface area (Å²) in [6.07, 6.45) is 8.96. The molecule has 1 saturated carbocycles. The Hall–Kier alpha value is -3.63. The van der Waals surface area contributed by atoms with Gasteiger partial charge in [-0.3, -0.25) is 19.4 Å². The lowest BCUT2D eigenvalue weighted by atomic mass is 9.93. The molecule has 1 fully saturated rings. The molecule has 0 spiro atoms. The lowest BCUT2D eigenvalue weighted by molar-refractivity contribution is -0.117. The SMILES string of the molecule is Cn1cc(-c2ccnc(-c3n[nH]c(=O)c4sc5c(c34)CCCC5)c2CO)cc(NC(=O)C2CC2)c1=O. The molecule has 3 N–H and O–H groups in total. The number of rotatable bonds is 5. The number of pyridine rings is 2. The first kappa shape index (κ1) is 22.8. The van der Waals surface area contributed by atoms with Crippen LogP contribution in [-0.2, 0) is 31.3 Å². The lowest BCUT2D eigenvalue weighted by Crippen LogP contribution is -2.25. The van der Waals surface area contributed by atoms with Crippen molar-refractivity contribution in [1.82, 2.24) is 19.7 Å². The average molecular weight is 504 g/mol. The number of nitrogens with zero attached hydrogens (tertiary/aromatic N) is 3. The highest BCUT2D eigenvalue weighted by Crippen LogP contribution is 2.40. The summed E-state index contributed by atoms with van der Waals surface area (Å²) in [6.45, 7) is -0.320. The minimum absolute atomic E-state index is 0.0378. The Bertz CT molecular complexity index is 1650. The third kappa shape index (κ3) is 3.77. The standard InChI is InChI=1S/C26H25N5O4S/c1-31-11-14(10-18(26(31)35)28-24(33)13-6-7-13)15-8-9-27-21(17(15)12-32)22-20-16-4-2-3-5-19(16)36-23(20)25(34)30-29-22/h8-11,13,32H,2-7,12H2,1H3,(H,28,33)(H,30,34). The van der Waals surface area contributed by atoms with Gasteiger partial charge >= 0.3 is 0 Å². The molecule has 4 heterocycles. The van der Waals surface area contributed by atoms with Crippen LogP contribution in [0.15, 0.2) is 34.1 Å². The zero-order chi connectivity index (χ0) is 25.0. The van der Waals surface area contributed by atoms with Crippen molar-refractivity contribution in [3.05, 3.63) is 61.2 Å². The number of aliphatic hydroxyl groups excluding tert-OH is 1. The van der Waals surface area contributed by atoms with Gasteiger partial charge in [0.1, 0.15) is 16.1 Å². The number of amides is 1. The fraction of sp³-hybridized carbons (Fsp3) is 0.346. The second kappa shape index (κ2) is 8.79. The fourth-order valence-electron chi connectivity index (χ4n) is 5.02. The molecule has 6 rings (SSSR count). The van der Waals surface area contributed by atoms with Crippen molar-refractivity contribution < 1.29 is 9.90 Å². The number of nitrogens with one attached hydrogen (secondary N) is 2. The lowest BCUT2D eigenvalue weighted by Gasteiger charge is -2.16. The molecular weight excluding hydrogens is 478 g/mol. The van der Waals surface area contributed by atoms with Gasteiger partial charge in [0, 0.05) is 46.7 Å². The van der Waals surface area contributed by atoms with Crippen LogP contribution in [0, 0.1) is 5.92 Å². The molecule has 0 aromatic carbocycles. The van der Waals surface area contributed by atoms with E-state index in [4.69, 9.17) is 0 Å². The Labute approximate surface area is 209 Å². The van der Waals surface area contributed by atoms with Crippen LogP contribution in [0.5, 0.6) is 0 Å². The molecule has 0 atom stereocenters. The monoisotopic (exact) mass is 503 g/mol. The van der Waals surface area contributed by atoms with E-state index in [-0.39, 0.29) is 35.2 Å². The molecule has 36 heavy (non-hydrogen) atoms. The Morgan fingerprint density at radius 2 is 2.06 bits per heavy atom. The van der Waals surface area contributed by atoms with Crippen molar-refractivity contribution in [3.63, 3.8) is 0 Å². The number of fused-ring (bicyclic) bond motifs is 3. The molecule has 0 saturated heterocycles. The zero-order valence-corrected chi connectivity index (χ0v) is 20.6. The summed E-state index contributed by atoms with van der Waals surface area (Å²) in [5.74, 6) is -0.187. The first-order valence-electron chi connectivity index (χ1n) is 12.1. The maximum atomic E-state index is 12.7. The van der Waals surface area contributed by atoms with E-state index in [1.165, 1.54) is 20.8 Å². The number of thiophene rings is 1. The van der Waals surface area contributed by atoms with E-state index in [2.05, 4.69) is 20.5 Å². The molecule has 0 radical (unpaired) electrons. The molecule has 0 aliphatic heterocycles. The number of aliphatic hydroxyl groups is 1. The Balaban J connectivity index is 1.53. The number of aromatic amines is 1. The van der Waals surface area contributed by atoms with Gasteiger partial charge in [-0.2, -0.15) is 5.10 Å². The van der Waals surface area contributed by atoms with Gasteiger partial charge in [-0.25, -0.2) is 5.10 Å². The predicted molar refractivity (Wildman–Crippen MR) is 138 cm³/mol. The van der Waals surface area contributed by atoms with Crippen molar-refractivity contribution >= 4 is 33.0 Å². The van der Waals surface area contributed by atoms with Gasteiger partial charge in [0.05, 0.1) is 12.3 Å². The first-order valence-corrected chi connectivity index (χ1v) is 12.9. The number of carbonyl (C=O) groups excluding carboxylic acids is 1. The van der Waals surface area contributed by atoms with E-state index >= 15 is 0 Å². The van der Waals surface area contributed by atoms with Gasteiger partial charge in [-0.05, 0) is 61.8 Å². The van der Waals surface area contributed by atoms with Gasteiger partial charge in [-0.15, -0.1) is 11.3 Å². The highest BCUT2D eigenvalue weighted by molar-refractivity contribution is 7.19. The minimum Gasteiger partial charge on any atom is -0.392 e. The third-order valence-corrected chi connectivity index (χ3v) is 8.31. The first-order chi connectivity index (χ1) is 17.5. The highest BCUT2D eigenvalue weighted by Gasteiger charge is 2.30. The van der Waals surface area contributed by atoms with Crippen LogP contribution in [0.3, 0.4) is 0 Å². The largest absolute Gasteiger partial charge is 0.392 e. The Kier molecular flexibility index (Phi) is 5.57. The molecule has 4 aromatic rings. The van der Waals surface area contributed by atoms with E-state index in [0.717, 1.165) is 49.5 Å². The van der Waals surface area contributed by atoms with Gasteiger partial charge in [0.15, 0.2) is 0 Å². The molecular formula is C26H25N5O4S. The summed E-state index contributed by atoms with van der Waals surface area (Å²) in [5.41, 5.74) is 3.72. The maximum absolute atomic E-state index is 12.7. The van der Waals surface area contributed by atoms with E-state index in [1.807, 2.05) is 0 Å². The van der Waals surface area contributed by atoms with E-state index in [1.54, 1.807) is 31.6 Å². The van der Waals surface area contributed by atoms with E-state index in [9.17, 15) is 19.5 Å². The maximum Gasteiger partial charge on any atom is 0.282 e. The number of aryl methyl sites for hydroxylation is 3. The molecule has 2 aliphatic rings. The smallest absolute Gasteiger partial charge is 0.282 e. The molecule has 0 unspecified atom stereocenters. The topological polar surface area (TPSA) is 130 Å². The highest BCUT2D eigenvalue weighted by atomic mass is 32.1. The Morgan fingerprint density at radius 3 is 2.83 bits per heavy atom. The molecule has 2 aliphatic carbocycles. The number of hydrogen-bond acceptors (Lipinski definition) is 7. The molecule has 9 nitrogen and oxygen atoms in total. The molecule has 184 valence electrons.